The normalized spacial score (nSPS) is 10.6. The van der Waals surface area contributed by atoms with Crippen LogP contribution in [-0.2, 0) is 12.6 Å². The van der Waals surface area contributed by atoms with Crippen molar-refractivity contribution >= 4 is 75.0 Å². The average Bonchev–Trinajstić information content (AvgIpc) is 2.57. The van der Waals surface area contributed by atoms with E-state index in [0.29, 0.717) is 0 Å². The molecule has 0 aliphatic carbocycles. The van der Waals surface area contributed by atoms with Gasteiger partial charge in [-0.05, 0) is 45.5 Å². The van der Waals surface area contributed by atoms with Crippen molar-refractivity contribution in [3.63, 3.8) is 0 Å². The van der Waals surface area contributed by atoms with E-state index < -0.39 is 0 Å². The Morgan fingerprint density at radius 3 is 2.22 bits per heavy atom. The topological polar surface area (TPSA) is 26.0 Å². The summed E-state index contributed by atoms with van der Waals surface area (Å²) in [5.41, 5.74) is 6.97. The first kappa shape index (κ1) is 19.6. The Hall–Kier alpha value is 0.276. The molecule has 0 spiro atoms. The van der Waals surface area contributed by atoms with Gasteiger partial charge in [0.05, 0.1) is 0 Å². The van der Waals surface area contributed by atoms with Crippen molar-refractivity contribution in [2.45, 2.75) is 9.79 Å². The van der Waals surface area contributed by atoms with Gasteiger partial charge in [0, 0.05) is 16.0 Å². The zero-order valence-electron chi connectivity index (χ0n) is 13.4. The van der Waals surface area contributed by atoms with Crippen molar-refractivity contribution in [3.05, 3.63) is 42.5 Å². The van der Waals surface area contributed by atoms with Gasteiger partial charge in [-0.2, -0.15) is 17.5 Å². The third kappa shape index (κ3) is 3.23. The van der Waals surface area contributed by atoms with Gasteiger partial charge in [0.1, 0.15) is 0 Å². The summed E-state index contributed by atoms with van der Waals surface area (Å²) < 4.78 is 0. The van der Waals surface area contributed by atoms with Gasteiger partial charge in [-0.15, -0.1) is 11.8 Å². The second kappa shape index (κ2) is 8.10. The molecule has 0 saturated carbocycles. The van der Waals surface area contributed by atoms with Crippen LogP contribution in [0.5, 0.6) is 0 Å². The van der Waals surface area contributed by atoms with Gasteiger partial charge in [0.25, 0.3) is 0 Å². The molecule has 5 heteroatoms. The van der Waals surface area contributed by atoms with Crippen LogP contribution in [0.15, 0.2) is 52.3 Å². The minimum atomic E-state index is 0. The summed E-state index contributed by atoms with van der Waals surface area (Å²) in [6, 6.07) is 14.7. The van der Waals surface area contributed by atoms with Crippen molar-refractivity contribution < 1.29 is 51.4 Å². The van der Waals surface area contributed by atoms with Crippen molar-refractivity contribution in [3.8, 4) is 0 Å². The first-order valence-corrected chi connectivity index (χ1v) is 9.39. The molecule has 0 fully saturated rings. The first-order valence-electron chi connectivity index (χ1n) is 6.86. The molecule has 0 heterocycles. The molecule has 0 aromatic heterocycles. The quantitative estimate of drug-likeness (QED) is 0.132. The molecule has 2 N–H and O–H groups in total. The van der Waals surface area contributed by atoms with Crippen LogP contribution in [0.25, 0.3) is 32.3 Å². The fourth-order valence-electron chi connectivity index (χ4n) is 3.02. The smallest absolute Gasteiger partial charge is 0.779 e. The largest absolute Gasteiger partial charge is 1.00 e. The van der Waals surface area contributed by atoms with Crippen LogP contribution in [0.3, 0.4) is 0 Å². The van der Waals surface area contributed by atoms with Gasteiger partial charge < -0.3 is 18.4 Å². The van der Waals surface area contributed by atoms with E-state index in [0.717, 1.165) is 21.4 Å². The fourth-order valence-corrected chi connectivity index (χ4v) is 4.01. The predicted molar refractivity (Wildman–Crippen MR) is 107 cm³/mol. The van der Waals surface area contributed by atoms with Gasteiger partial charge in [-0.25, -0.2) is 0 Å². The van der Waals surface area contributed by atoms with E-state index in [4.69, 9.17) is 18.4 Å². The third-order valence-electron chi connectivity index (χ3n) is 3.96. The molecule has 0 radical (unpaired) electrons. The standard InChI is InChI=1S/C17H13NS2.CH4S.K/c1-20-15-8-14(19)11-4-2-9-3-7-13(18)10-5-6-12(15)17(11)16(9)10;1-2;/h2-8,19H,18H2,1H3;2H,1H3;/q;;+1/p-1. The van der Waals surface area contributed by atoms with E-state index in [1.165, 1.54) is 26.4 Å². The number of benzene rings is 4. The number of nitrogens with two attached hydrogens (primary N) is 1. The van der Waals surface area contributed by atoms with Crippen molar-refractivity contribution in [1.82, 2.24) is 0 Å². The monoisotopic (exact) mass is 381 g/mol. The Kier molecular flexibility index (Phi) is 6.91. The molecule has 4 aromatic carbocycles. The molecular formula is C18H16KNS3. The number of rotatable bonds is 1. The SMILES string of the molecule is CS.CSc1cc([S-])c2ccc3ccc(N)c4ccc1c2c34.[K+]. The fraction of sp³-hybridized carbons (Fsp3) is 0.111. The van der Waals surface area contributed by atoms with Crippen molar-refractivity contribution in [2.24, 2.45) is 0 Å². The van der Waals surface area contributed by atoms with Crippen LogP contribution < -0.4 is 57.1 Å². The molecule has 4 aromatic rings. The van der Waals surface area contributed by atoms with E-state index >= 15 is 0 Å². The molecule has 0 saturated heterocycles. The Balaban J connectivity index is 0.000000617. The third-order valence-corrected chi connectivity index (χ3v) is 5.07. The van der Waals surface area contributed by atoms with Crippen molar-refractivity contribution in [2.75, 3.05) is 18.2 Å². The van der Waals surface area contributed by atoms with Gasteiger partial charge in [-0.1, -0.05) is 36.4 Å². The van der Waals surface area contributed by atoms with E-state index in [1.54, 1.807) is 18.0 Å². The zero-order valence-corrected chi connectivity index (χ0v) is 19.0. The van der Waals surface area contributed by atoms with E-state index in [1.807, 2.05) is 6.07 Å². The number of hydrogen-bond acceptors (Lipinski definition) is 4. The van der Waals surface area contributed by atoms with Gasteiger partial charge in [0.2, 0.25) is 0 Å². The van der Waals surface area contributed by atoms with Crippen LogP contribution in [0, 0.1) is 0 Å². The van der Waals surface area contributed by atoms with Gasteiger partial charge >= 0.3 is 51.4 Å². The van der Waals surface area contributed by atoms with E-state index in [2.05, 4.69) is 55.3 Å². The van der Waals surface area contributed by atoms with E-state index in [-0.39, 0.29) is 51.4 Å². The molecule has 0 aliphatic rings. The molecule has 0 bridgehead atoms. The number of anilines is 1. The molecule has 0 unspecified atom stereocenters. The van der Waals surface area contributed by atoms with Crippen LogP contribution >= 0.6 is 24.4 Å². The number of thioether (sulfide) groups is 1. The summed E-state index contributed by atoms with van der Waals surface area (Å²) >= 11 is 10.8. The number of thiol groups is 1. The number of hydrogen-bond donors (Lipinski definition) is 2. The Morgan fingerprint density at radius 2 is 1.52 bits per heavy atom. The maximum Gasteiger partial charge on any atom is 1.00 e. The molecular weight excluding hydrogens is 366 g/mol. The van der Waals surface area contributed by atoms with Crippen LogP contribution in [0.4, 0.5) is 5.69 Å². The molecule has 0 amide bonds. The summed E-state index contributed by atoms with van der Waals surface area (Å²) in [5, 5.41) is 7.25. The van der Waals surface area contributed by atoms with Crippen LogP contribution in [-0.4, -0.2) is 12.5 Å². The van der Waals surface area contributed by atoms with Gasteiger partial charge in [0.15, 0.2) is 0 Å². The average molecular weight is 382 g/mol. The summed E-state index contributed by atoms with van der Waals surface area (Å²) in [6.45, 7) is 0. The van der Waals surface area contributed by atoms with E-state index in [9.17, 15) is 0 Å². The van der Waals surface area contributed by atoms with Crippen LogP contribution in [0.1, 0.15) is 0 Å². The zero-order chi connectivity index (χ0) is 15.9. The number of nitrogen functional groups attached to an aromatic ring is 1. The molecule has 112 valence electrons. The Morgan fingerprint density at radius 1 is 0.913 bits per heavy atom. The Labute approximate surface area is 194 Å². The first-order chi connectivity index (χ1) is 10.7. The van der Waals surface area contributed by atoms with Gasteiger partial charge in [-0.3, -0.25) is 0 Å². The second-order valence-electron chi connectivity index (χ2n) is 4.98. The van der Waals surface area contributed by atoms with Crippen molar-refractivity contribution in [1.29, 1.82) is 0 Å². The molecule has 1 nitrogen and oxygen atoms in total. The second-order valence-corrected chi connectivity index (χ2v) is 6.27. The molecule has 0 atom stereocenters. The minimum absolute atomic E-state index is 0. The summed E-state index contributed by atoms with van der Waals surface area (Å²) in [5.74, 6) is 0. The van der Waals surface area contributed by atoms with Crippen LogP contribution in [0.2, 0.25) is 0 Å². The maximum absolute atomic E-state index is 6.14. The maximum atomic E-state index is 6.14. The molecule has 23 heavy (non-hydrogen) atoms. The molecule has 4 rings (SSSR count). The summed E-state index contributed by atoms with van der Waals surface area (Å²) in [7, 11) is 0. The summed E-state index contributed by atoms with van der Waals surface area (Å²) in [4.78, 5) is 2.15. The summed E-state index contributed by atoms with van der Waals surface area (Å²) in [6.07, 6.45) is 3.79. The minimum Gasteiger partial charge on any atom is -0.779 e. The molecule has 0 aliphatic heterocycles. The Bertz CT molecular complexity index is 969. The predicted octanol–water partition coefficient (Wildman–Crippen LogP) is 2.34.